The Morgan fingerprint density at radius 2 is 1.03 bits per heavy atom. The molecule has 0 radical (unpaired) electrons. The van der Waals surface area contributed by atoms with Crippen LogP contribution in [0.4, 0.5) is 17.1 Å². The van der Waals surface area contributed by atoms with Crippen LogP contribution in [-0.2, 0) is 10.8 Å². The molecule has 2 nitrogen and oxygen atoms in total. The number of hydrogen-bond donors (Lipinski definition) is 0. The zero-order valence-electron chi connectivity index (χ0n) is 35.3. The van der Waals surface area contributed by atoms with Gasteiger partial charge in [-0.1, -0.05) is 186 Å². The largest absolute Gasteiger partial charge is 0.456 e. The second-order valence-electron chi connectivity index (χ2n) is 18.1. The highest BCUT2D eigenvalue weighted by atomic mass is 16.3. The fourth-order valence-electron chi connectivity index (χ4n) is 9.90. The Morgan fingerprint density at radius 1 is 0.443 bits per heavy atom. The van der Waals surface area contributed by atoms with Gasteiger partial charge in [0.05, 0.1) is 5.69 Å². The molecular formula is C59H47NO. The van der Waals surface area contributed by atoms with Gasteiger partial charge >= 0.3 is 0 Å². The van der Waals surface area contributed by atoms with Gasteiger partial charge in [-0.3, -0.25) is 0 Å². The Hall–Kier alpha value is -7.16. The summed E-state index contributed by atoms with van der Waals surface area (Å²) < 4.78 is 6.44. The molecule has 10 aromatic rings. The maximum absolute atomic E-state index is 6.44. The summed E-state index contributed by atoms with van der Waals surface area (Å²) >= 11 is 0. The first-order chi connectivity index (χ1) is 29.6. The van der Waals surface area contributed by atoms with Gasteiger partial charge in [-0.15, -0.1) is 0 Å². The fourth-order valence-corrected chi connectivity index (χ4v) is 9.90. The van der Waals surface area contributed by atoms with Crippen molar-refractivity contribution in [3.05, 3.63) is 211 Å². The van der Waals surface area contributed by atoms with E-state index in [1.54, 1.807) is 0 Å². The number of hydrogen-bond acceptors (Lipinski definition) is 2. The molecule has 1 aromatic heterocycles. The van der Waals surface area contributed by atoms with Crippen LogP contribution < -0.4 is 4.90 Å². The first-order valence-electron chi connectivity index (χ1n) is 21.4. The molecule has 0 fully saturated rings. The van der Waals surface area contributed by atoms with Crippen molar-refractivity contribution in [3.8, 4) is 44.5 Å². The van der Waals surface area contributed by atoms with E-state index in [-0.39, 0.29) is 10.8 Å². The molecule has 0 atom stereocenters. The van der Waals surface area contributed by atoms with Crippen LogP contribution in [0.5, 0.6) is 0 Å². The molecule has 0 unspecified atom stereocenters. The van der Waals surface area contributed by atoms with E-state index < -0.39 is 0 Å². The molecule has 1 heterocycles. The molecule has 0 bridgehead atoms. The Kier molecular flexibility index (Phi) is 8.44. The van der Waals surface area contributed by atoms with Crippen LogP contribution in [0.3, 0.4) is 0 Å². The van der Waals surface area contributed by atoms with Gasteiger partial charge in [0.25, 0.3) is 0 Å². The van der Waals surface area contributed by atoms with Crippen molar-refractivity contribution in [3.63, 3.8) is 0 Å². The number of furan rings is 1. The summed E-state index contributed by atoms with van der Waals surface area (Å²) in [5.41, 5.74) is 18.9. The van der Waals surface area contributed by atoms with E-state index in [0.29, 0.717) is 0 Å². The highest BCUT2D eigenvalue weighted by Gasteiger charge is 2.36. The van der Waals surface area contributed by atoms with Crippen molar-refractivity contribution in [1.29, 1.82) is 0 Å². The van der Waals surface area contributed by atoms with E-state index in [0.717, 1.165) is 50.1 Å². The van der Waals surface area contributed by atoms with Gasteiger partial charge in [0.15, 0.2) is 0 Å². The van der Waals surface area contributed by atoms with E-state index in [1.165, 1.54) is 60.8 Å². The minimum atomic E-state index is -0.0925. The summed E-state index contributed by atoms with van der Waals surface area (Å²) in [5, 5.41) is 4.65. The van der Waals surface area contributed by atoms with Crippen molar-refractivity contribution >= 4 is 49.8 Å². The molecule has 294 valence electrons. The molecule has 0 spiro atoms. The molecule has 0 saturated heterocycles. The lowest BCUT2D eigenvalue weighted by molar-refractivity contribution is 0.590. The van der Waals surface area contributed by atoms with Crippen LogP contribution in [0.15, 0.2) is 199 Å². The molecule has 1 aliphatic carbocycles. The summed E-state index contributed by atoms with van der Waals surface area (Å²) in [6.07, 6.45) is 0. The van der Waals surface area contributed by atoms with Gasteiger partial charge in [-0.25, -0.2) is 0 Å². The molecule has 1 aliphatic rings. The first kappa shape index (κ1) is 36.9. The Morgan fingerprint density at radius 3 is 1.80 bits per heavy atom. The van der Waals surface area contributed by atoms with Gasteiger partial charge in [0.1, 0.15) is 11.2 Å². The van der Waals surface area contributed by atoms with Gasteiger partial charge < -0.3 is 9.32 Å². The maximum Gasteiger partial charge on any atom is 0.136 e. The SMILES string of the molecule is CC(C)(C)c1ccc(-c2ccc(N(c3ccc4c(c3)-c3ccccc3C4(C)C)c3ccc4ccccc4c3-c3ccccc3-c3cccc4oc5ccccc5c34)cc2)cc1. The quantitative estimate of drug-likeness (QED) is 0.167. The van der Waals surface area contributed by atoms with E-state index >= 15 is 0 Å². The molecule has 0 N–H and O–H groups in total. The second kappa shape index (κ2) is 14.0. The van der Waals surface area contributed by atoms with Crippen LogP contribution in [0.1, 0.15) is 51.3 Å². The van der Waals surface area contributed by atoms with E-state index in [1.807, 2.05) is 6.07 Å². The number of nitrogens with zero attached hydrogens (tertiary/aromatic N) is 1. The minimum Gasteiger partial charge on any atom is -0.456 e. The number of anilines is 3. The Labute approximate surface area is 358 Å². The lowest BCUT2D eigenvalue weighted by Crippen LogP contribution is -2.15. The van der Waals surface area contributed by atoms with Gasteiger partial charge in [0.2, 0.25) is 0 Å². The monoisotopic (exact) mass is 785 g/mol. The molecule has 0 aliphatic heterocycles. The molecule has 11 rings (SSSR count). The highest BCUT2D eigenvalue weighted by Crippen LogP contribution is 2.53. The number of para-hydroxylation sites is 1. The maximum atomic E-state index is 6.44. The Bertz CT molecular complexity index is 3300. The molecular weight excluding hydrogens is 739 g/mol. The minimum absolute atomic E-state index is 0.0925. The lowest BCUT2D eigenvalue weighted by Gasteiger charge is -2.30. The third-order valence-electron chi connectivity index (χ3n) is 13.1. The highest BCUT2D eigenvalue weighted by molar-refractivity contribution is 6.16. The predicted molar refractivity (Wildman–Crippen MR) is 258 cm³/mol. The zero-order valence-corrected chi connectivity index (χ0v) is 35.3. The van der Waals surface area contributed by atoms with Gasteiger partial charge in [0, 0.05) is 33.1 Å². The zero-order chi connectivity index (χ0) is 41.5. The number of fused-ring (bicyclic) bond motifs is 7. The van der Waals surface area contributed by atoms with Gasteiger partial charge in [-0.2, -0.15) is 0 Å². The molecule has 61 heavy (non-hydrogen) atoms. The summed E-state index contributed by atoms with van der Waals surface area (Å²) in [6.45, 7) is 11.5. The molecule has 0 saturated carbocycles. The summed E-state index contributed by atoms with van der Waals surface area (Å²) in [6, 6.07) is 71.4. The summed E-state index contributed by atoms with van der Waals surface area (Å²) in [7, 11) is 0. The van der Waals surface area contributed by atoms with Crippen LogP contribution in [0, 0.1) is 0 Å². The van der Waals surface area contributed by atoms with Crippen molar-refractivity contribution in [2.24, 2.45) is 0 Å². The van der Waals surface area contributed by atoms with Crippen molar-refractivity contribution in [1.82, 2.24) is 0 Å². The average Bonchev–Trinajstić information content (AvgIpc) is 3.78. The standard InChI is InChI=1S/C59H47NO/c1-58(2,3)41-30-25-38(26-31-41)39-27-32-42(33-28-39)60(43-34-35-52-50(37-43)46-18-10-12-22-51(46)59(52,4)5)53-36-29-40-15-6-7-16-44(40)56(53)47-19-9-8-17-45(47)48-21-14-24-55-57(48)49-20-11-13-23-54(49)61-55/h6-37H,1-5H3. The summed E-state index contributed by atoms with van der Waals surface area (Å²) in [4.78, 5) is 2.48. The molecule has 2 heteroatoms. The van der Waals surface area contributed by atoms with E-state index in [2.05, 4.69) is 228 Å². The van der Waals surface area contributed by atoms with Crippen molar-refractivity contribution in [2.45, 2.75) is 45.4 Å². The Balaban J connectivity index is 1.16. The van der Waals surface area contributed by atoms with E-state index in [9.17, 15) is 0 Å². The van der Waals surface area contributed by atoms with E-state index in [4.69, 9.17) is 4.42 Å². The topological polar surface area (TPSA) is 16.4 Å². The third kappa shape index (κ3) is 6.00. The molecule has 0 amide bonds. The van der Waals surface area contributed by atoms with Crippen molar-refractivity contribution < 1.29 is 4.42 Å². The normalized spacial score (nSPS) is 13.1. The van der Waals surface area contributed by atoms with Crippen LogP contribution in [0.25, 0.3) is 77.2 Å². The first-order valence-corrected chi connectivity index (χ1v) is 21.4. The van der Waals surface area contributed by atoms with Crippen molar-refractivity contribution in [2.75, 3.05) is 4.90 Å². The lowest BCUT2D eigenvalue weighted by atomic mass is 9.82. The fraction of sp³-hybridized carbons (Fsp3) is 0.119. The number of benzene rings is 9. The third-order valence-corrected chi connectivity index (χ3v) is 13.1. The smallest absolute Gasteiger partial charge is 0.136 e. The van der Waals surface area contributed by atoms with Crippen LogP contribution >= 0.6 is 0 Å². The van der Waals surface area contributed by atoms with Crippen LogP contribution in [-0.4, -0.2) is 0 Å². The van der Waals surface area contributed by atoms with Gasteiger partial charge in [-0.05, 0) is 114 Å². The summed E-state index contributed by atoms with van der Waals surface area (Å²) in [5.74, 6) is 0. The van der Waals surface area contributed by atoms with Crippen LogP contribution in [0.2, 0.25) is 0 Å². The second-order valence-corrected chi connectivity index (χ2v) is 18.1. The molecule has 9 aromatic carbocycles. The number of rotatable bonds is 6. The average molecular weight is 786 g/mol. The predicted octanol–water partition coefficient (Wildman–Crippen LogP) is 16.8.